The Balaban J connectivity index is 2.19. The number of hydrogen-bond acceptors (Lipinski definition) is 8. The molecule has 1 aliphatic rings. The lowest BCUT2D eigenvalue weighted by molar-refractivity contribution is -0.128. The molecule has 2 aromatic heterocycles. The smallest absolute Gasteiger partial charge is 0.295 e. The molecule has 0 saturated carbocycles. The van der Waals surface area contributed by atoms with Crippen LogP contribution in [0.1, 0.15) is 18.6 Å². The van der Waals surface area contributed by atoms with Crippen molar-refractivity contribution in [3.8, 4) is 0 Å². The zero-order valence-electron chi connectivity index (χ0n) is 10.4. The Labute approximate surface area is 111 Å². The van der Waals surface area contributed by atoms with Crippen LogP contribution in [0.2, 0.25) is 0 Å². The van der Waals surface area contributed by atoms with Crippen molar-refractivity contribution in [2.45, 2.75) is 31.0 Å². The molecule has 0 aliphatic carbocycles. The molecule has 6 N–H and O–H groups in total. The molecule has 1 fully saturated rings. The van der Waals surface area contributed by atoms with Gasteiger partial charge in [0.1, 0.15) is 23.3 Å². The first-order valence-electron chi connectivity index (χ1n) is 5.83. The number of nitrogens with zero attached hydrogens (tertiary/aromatic N) is 1. The van der Waals surface area contributed by atoms with Crippen molar-refractivity contribution in [1.82, 2.24) is 9.97 Å². The summed E-state index contributed by atoms with van der Waals surface area (Å²) in [7, 11) is 0. The summed E-state index contributed by atoms with van der Waals surface area (Å²) < 4.78 is 10.2. The minimum Gasteiger partial charge on any atom is -0.456 e. The molecular weight excluding hydrogens is 270 g/mol. The summed E-state index contributed by atoms with van der Waals surface area (Å²) in [4.78, 5) is 17.8. The van der Waals surface area contributed by atoms with Crippen molar-refractivity contribution < 1.29 is 24.5 Å². The van der Waals surface area contributed by atoms with Crippen molar-refractivity contribution in [3.05, 3.63) is 22.2 Å². The molecule has 4 atom stereocenters. The fourth-order valence-corrected chi connectivity index (χ4v) is 2.33. The quantitative estimate of drug-likeness (QED) is 0.428. The number of aliphatic hydroxyl groups is 3. The highest BCUT2D eigenvalue weighted by Gasteiger charge is 2.53. The van der Waals surface area contributed by atoms with Crippen molar-refractivity contribution in [1.29, 1.82) is 0 Å². The van der Waals surface area contributed by atoms with Gasteiger partial charge in [0.2, 0.25) is 11.5 Å². The molecule has 1 unspecified atom stereocenters. The van der Waals surface area contributed by atoms with Crippen LogP contribution in [0, 0.1) is 0 Å². The van der Waals surface area contributed by atoms with E-state index in [1.807, 2.05) is 0 Å². The van der Waals surface area contributed by atoms with E-state index in [0.717, 1.165) is 0 Å². The van der Waals surface area contributed by atoms with Gasteiger partial charge in [-0.15, -0.1) is 0 Å². The number of anilines is 1. The van der Waals surface area contributed by atoms with Gasteiger partial charge >= 0.3 is 0 Å². The van der Waals surface area contributed by atoms with Crippen LogP contribution in [-0.4, -0.2) is 43.3 Å². The topological polar surface area (TPSA) is 155 Å². The van der Waals surface area contributed by atoms with Crippen molar-refractivity contribution in [3.63, 3.8) is 0 Å². The minimum absolute atomic E-state index is 0.0792. The number of aliphatic hydroxyl groups excluding tert-OH is 2. The van der Waals surface area contributed by atoms with Gasteiger partial charge in [0.15, 0.2) is 6.29 Å². The fraction of sp³-hybridized carbons (Fsp3) is 0.455. The van der Waals surface area contributed by atoms with Crippen LogP contribution in [0.5, 0.6) is 0 Å². The average Bonchev–Trinajstić information content (AvgIpc) is 2.85. The van der Waals surface area contributed by atoms with Gasteiger partial charge in [-0.05, 0) is 6.92 Å². The zero-order chi connectivity index (χ0) is 14.7. The van der Waals surface area contributed by atoms with Gasteiger partial charge < -0.3 is 30.2 Å². The van der Waals surface area contributed by atoms with Crippen LogP contribution >= 0.6 is 0 Å². The van der Waals surface area contributed by atoms with Gasteiger partial charge in [-0.25, -0.2) is 4.98 Å². The number of aromatic nitrogens is 2. The van der Waals surface area contributed by atoms with Gasteiger partial charge in [0, 0.05) is 5.56 Å². The molecule has 0 radical (unpaired) electrons. The Morgan fingerprint density at radius 3 is 2.80 bits per heavy atom. The fourth-order valence-electron chi connectivity index (χ4n) is 2.33. The van der Waals surface area contributed by atoms with Gasteiger partial charge in [-0.3, -0.25) is 9.78 Å². The molecule has 3 heterocycles. The Morgan fingerprint density at radius 1 is 1.50 bits per heavy atom. The highest BCUT2D eigenvalue weighted by Crippen LogP contribution is 2.42. The maximum Gasteiger partial charge on any atom is 0.295 e. The third-order valence-corrected chi connectivity index (χ3v) is 3.43. The molecule has 1 aliphatic heterocycles. The molecule has 9 heteroatoms. The molecule has 3 rings (SSSR count). The van der Waals surface area contributed by atoms with Gasteiger partial charge in [0.25, 0.3) is 5.56 Å². The first-order chi connectivity index (χ1) is 9.32. The Kier molecular flexibility index (Phi) is 2.63. The number of hydrogen-bond donors (Lipinski definition) is 5. The Hall–Kier alpha value is -1.94. The molecule has 20 heavy (non-hydrogen) atoms. The minimum atomic E-state index is -1.77. The number of fused-ring (bicyclic) bond motifs is 1. The molecule has 2 aromatic rings. The maximum absolute atomic E-state index is 11.6. The molecule has 1 saturated heterocycles. The predicted octanol–water partition coefficient (Wildman–Crippen LogP) is -1.40. The molecule has 0 amide bonds. The Bertz CT molecular complexity index is 721. The van der Waals surface area contributed by atoms with E-state index in [0.29, 0.717) is 0 Å². The first kappa shape index (κ1) is 13.1. The summed E-state index contributed by atoms with van der Waals surface area (Å²) in [6.45, 7) is 1.30. The predicted molar refractivity (Wildman–Crippen MR) is 65.5 cm³/mol. The number of ether oxygens (including phenoxy) is 1. The molecular formula is C11H13N3O6. The van der Waals surface area contributed by atoms with Crippen LogP contribution < -0.4 is 11.3 Å². The molecule has 0 aromatic carbocycles. The van der Waals surface area contributed by atoms with Crippen LogP contribution in [-0.2, 0) is 4.74 Å². The van der Waals surface area contributed by atoms with E-state index in [9.17, 15) is 20.1 Å². The summed E-state index contributed by atoms with van der Waals surface area (Å²) >= 11 is 0. The lowest BCUT2D eigenvalue weighted by Gasteiger charge is -2.25. The monoisotopic (exact) mass is 283 g/mol. The average molecular weight is 283 g/mol. The number of nitrogen functional groups attached to an aromatic ring is 1. The third kappa shape index (κ3) is 1.64. The largest absolute Gasteiger partial charge is 0.456 e. The van der Waals surface area contributed by atoms with E-state index in [1.54, 1.807) is 0 Å². The van der Waals surface area contributed by atoms with E-state index in [-0.39, 0.29) is 22.6 Å². The summed E-state index contributed by atoms with van der Waals surface area (Å²) in [5.74, 6) is -0.121. The molecule has 108 valence electrons. The summed E-state index contributed by atoms with van der Waals surface area (Å²) in [6, 6.07) is 0. The highest BCUT2D eigenvalue weighted by atomic mass is 16.6. The van der Waals surface area contributed by atoms with E-state index in [1.165, 1.54) is 13.2 Å². The van der Waals surface area contributed by atoms with Crippen LogP contribution in [0.25, 0.3) is 11.1 Å². The van der Waals surface area contributed by atoms with Crippen molar-refractivity contribution in [2.24, 2.45) is 0 Å². The second-order valence-corrected chi connectivity index (χ2v) is 4.90. The van der Waals surface area contributed by atoms with E-state index in [2.05, 4.69) is 9.97 Å². The van der Waals surface area contributed by atoms with Gasteiger partial charge in [-0.1, -0.05) is 0 Å². The summed E-state index contributed by atoms with van der Waals surface area (Å²) in [5, 5.41) is 29.5. The zero-order valence-corrected chi connectivity index (χ0v) is 10.4. The lowest BCUT2D eigenvalue weighted by Crippen LogP contribution is -2.42. The number of aromatic amines is 1. The molecule has 9 nitrogen and oxygen atoms in total. The maximum atomic E-state index is 11.6. The SMILES string of the molecule is C[C@@]1(O)[C@H](O)C(O)O[C@H]1c1coc2c(=O)[nH]c(N)nc12. The number of H-pyrrole nitrogens is 1. The number of nitrogens with one attached hydrogen (secondary N) is 1. The van der Waals surface area contributed by atoms with E-state index in [4.69, 9.17) is 14.9 Å². The van der Waals surface area contributed by atoms with Gasteiger partial charge in [0.05, 0.1) is 6.26 Å². The second-order valence-electron chi connectivity index (χ2n) is 4.90. The van der Waals surface area contributed by atoms with Crippen LogP contribution in [0.4, 0.5) is 5.95 Å². The summed E-state index contributed by atoms with van der Waals surface area (Å²) in [5.41, 5.74) is 3.37. The van der Waals surface area contributed by atoms with Crippen molar-refractivity contribution >= 4 is 17.0 Å². The number of furan rings is 1. The lowest BCUT2D eigenvalue weighted by atomic mass is 9.91. The highest BCUT2D eigenvalue weighted by molar-refractivity contribution is 5.77. The summed E-state index contributed by atoms with van der Waals surface area (Å²) in [6.07, 6.45) is -2.99. The molecule has 0 spiro atoms. The van der Waals surface area contributed by atoms with Crippen LogP contribution in [0.15, 0.2) is 15.5 Å². The van der Waals surface area contributed by atoms with E-state index < -0.39 is 29.7 Å². The third-order valence-electron chi connectivity index (χ3n) is 3.43. The van der Waals surface area contributed by atoms with Gasteiger partial charge in [-0.2, -0.15) is 0 Å². The van der Waals surface area contributed by atoms with E-state index >= 15 is 0 Å². The standard InChI is InChI=1S/C11H13N3O6/c1-11(18)6(15)9(17)20-7(11)3-2-19-5-4(3)13-10(12)14-8(5)16/h2,6-7,9,15,17-18H,1H3,(H3,12,13,14,16)/t6-,7+,9?,11-/m1/s1. The van der Waals surface area contributed by atoms with Crippen LogP contribution in [0.3, 0.4) is 0 Å². The molecule has 0 bridgehead atoms. The Morgan fingerprint density at radius 2 is 2.20 bits per heavy atom. The normalized spacial score (nSPS) is 33.9. The second kappa shape index (κ2) is 4.03. The number of nitrogens with two attached hydrogens (primary N) is 1. The van der Waals surface area contributed by atoms with Crippen molar-refractivity contribution in [2.75, 3.05) is 5.73 Å². The first-order valence-corrected chi connectivity index (χ1v) is 5.83. The number of rotatable bonds is 1.